The molecule has 30 heavy (non-hydrogen) atoms. The Hall–Kier alpha value is -2.71. The second kappa shape index (κ2) is 8.57. The average Bonchev–Trinajstić information content (AvgIpc) is 2.90. The van der Waals surface area contributed by atoms with Crippen molar-refractivity contribution in [1.82, 2.24) is 9.78 Å². The second-order valence-corrected chi connectivity index (χ2v) is 7.88. The number of hydrogen-bond acceptors (Lipinski definition) is 4. The quantitative estimate of drug-likeness (QED) is 0.683. The first-order valence-electron chi connectivity index (χ1n) is 9.76. The maximum absolute atomic E-state index is 13.1. The molecule has 1 aliphatic carbocycles. The number of carbonyl (C=O) groups is 1. The minimum Gasteiger partial charge on any atom is -0.493 e. The molecule has 1 N–H and O–H groups in total. The Labute approximate surface area is 172 Å². The van der Waals surface area contributed by atoms with Gasteiger partial charge in [-0.3, -0.25) is 9.48 Å². The lowest BCUT2D eigenvalue weighted by molar-refractivity contribution is -0.144. The lowest BCUT2D eigenvalue weighted by Crippen LogP contribution is -2.37. The van der Waals surface area contributed by atoms with Gasteiger partial charge in [-0.05, 0) is 49.8 Å². The van der Waals surface area contributed by atoms with Gasteiger partial charge in [-0.1, -0.05) is 19.1 Å². The van der Waals surface area contributed by atoms with Crippen molar-refractivity contribution in [3.63, 3.8) is 0 Å². The Morgan fingerprint density at radius 3 is 2.67 bits per heavy atom. The summed E-state index contributed by atoms with van der Waals surface area (Å²) in [6.07, 6.45) is -2.88. The summed E-state index contributed by atoms with van der Waals surface area (Å²) in [5.74, 6) is -0.382. The predicted octanol–water partition coefficient (Wildman–Crippen LogP) is 4.25. The highest BCUT2D eigenvalue weighted by Gasteiger charge is 2.39. The highest BCUT2D eigenvalue weighted by atomic mass is 19.4. The van der Waals surface area contributed by atoms with Crippen LogP contribution in [0.25, 0.3) is 0 Å². The van der Waals surface area contributed by atoms with Crippen LogP contribution >= 0.6 is 0 Å². The minimum absolute atomic E-state index is 0.00268. The molecule has 0 saturated heterocycles. The molecule has 0 aliphatic heterocycles. The summed E-state index contributed by atoms with van der Waals surface area (Å²) in [4.78, 5) is 11.0. The zero-order valence-electron chi connectivity index (χ0n) is 17.1. The van der Waals surface area contributed by atoms with Crippen molar-refractivity contribution < 1.29 is 32.5 Å². The molecule has 0 bridgehead atoms. The zero-order valence-corrected chi connectivity index (χ0v) is 17.1. The Bertz CT molecular complexity index is 904. The first-order chi connectivity index (χ1) is 14.0. The van der Waals surface area contributed by atoms with Gasteiger partial charge >= 0.3 is 12.1 Å². The molecular formula is C21H25F3N2O4. The number of benzene rings is 1. The Morgan fingerprint density at radius 2 is 2.07 bits per heavy atom. The summed E-state index contributed by atoms with van der Waals surface area (Å²) in [6, 6.07) is 7.34. The van der Waals surface area contributed by atoms with Gasteiger partial charge in [-0.25, -0.2) is 0 Å². The minimum atomic E-state index is -4.47. The number of carboxylic acids is 1. The standard InChI is InChI=1S/C21H25F3N2O4/c1-12(20(27)28)7-14-5-4-6-16(8-14)29-11-15-9-17(10-15)30-19-13(2)18(21(22,23)24)26(3)25-19/h4-6,8,12,15,17H,7,9-11H2,1-3H3,(H,27,28). The molecule has 1 aliphatic rings. The Balaban J connectivity index is 1.48. The van der Waals surface area contributed by atoms with E-state index in [4.69, 9.17) is 14.6 Å². The summed E-state index contributed by atoms with van der Waals surface area (Å²) in [7, 11) is 1.26. The molecule has 164 valence electrons. The highest BCUT2D eigenvalue weighted by molar-refractivity contribution is 5.69. The number of ether oxygens (including phenoxy) is 2. The van der Waals surface area contributed by atoms with Gasteiger partial charge in [0.2, 0.25) is 5.88 Å². The van der Waals surface area contributed by atoms with Gasteiger partial charge in [0.05, 0.1) is 12.5 Å². The molecule has 1 fully saturated rings. The Morgan fingerprint density at radius 1 is 1.37 bits per heavy atom. The molecule has 2 aromatic rings. The number of hydrogen-bond donors (Lipinski definition) is 1. The van der Waals surface area contributed by atoms with E-state index in [-0.39, 0.29) is 23.5 Å². The third kappa shape index (κ3) is 5.06. The van der Waals surface area contributed by atoms with Gasteiger partial charge in [-0.15, -0.1) is 5.10 Å². The van der Waals surface area contributed by atoms with Crippen molar-refractivity contribution >= 4 is 5.97 Å². The Kier molecular flexibility index (Phi) is 6.28. The number of aromatic nitrogens is 2. The van der Waals surface area contributed by atoms with Gasteiger partial charge in [-0.2, -0.15) is 13.2 Å². The van der Waals surface area contributed by atoms with Crippen LogP contribution in [0.3, 0.4) is 0 Å². The third-order valence-corrected chi connectivity index (χ3v) is 5.33. The lowest BCUT2D eigenvalue weighted by Gasteiger charge is -2.34. The maximum atomic E-state index is 13.1. The number of carboxylic acid groups (broad SMARTS) is 1. The van der Waals surface area contributed by atoms with E-state index >= 15 is 0 Å². The molecule has 1 unspecified atom stereocenters. The van der Waals surface area contributed by atoms with Crippen LogP contribution in [0.1, 0.15) is 36.6 Å². The summed E-state index contributed by atoms with van der Waals surface area (Å²) >= 11 is 0. The van der Waals surface area contributed by atoms with Crippen LogP contribution < -0.4 is 9.47 Å². The van der Waals surface area contributed by atoms with Gasteiger partial charge in [0.25, 0.3) is 0 Å². The van der Waals surface area contributed by atoms with Crippen LogP contribution in [-0.4, -0.2) is 33.6 Å². The molecule has 1 aromatic heterocycles. The van der Waals surface area contributed by atoms with Crippen LogP contribution in [0.15, 0.2) is 24.3 Å². The van der Waals surface area contributed by atoms with Crippen LogP contribution in [0.4, 0.5) is 13.2 Å². The van der Waals surface area contributed by atoms with Crippen molar-refractivity contribution in [2.24, 2.45) is 18.9 Å². The monoisotopic (exact) mass is 426 g/mol. The number of halogens is 3. The molecule has 1 saturated carbocycles. The summed E-state index contributed by atoms with van der Waals surface area (Å²) < 4.78 is 51.4. The van der Waals surface area contributed by atoms with Crippen LogP contribution in [0, 0.1) is 18.8 Å². The fourth-order valence-electron chi connectivity index (χ4n) is 3.60. The van der Waals surface area contributed by atoms with Gasteiger partial charge in [0.15, 0.2) is 0 Å². The number of aryl methyl sites for hydroxylation is 1. The van der Waals surface area contributed by atoms with Crippen molar-refractivity contribution in [1.29, 1.82) is 0 Å². The van der Waals surface area contributed by atoms with Crippen LogP contribution in [0.2, 0.25) is 0 Å². The van der Waals surface area contributed by atoms with Crippen LogP contribution in [-0.2, 0) is 24.4 Å². The molecule has 6 nitrogen and oxygen atoms in total. The second-order valence-electron chi connectivity index (χ2n) is 7.88. The average molecular weight is 426 g/mol. The molecule has 1 aromatic carbocycles. The highest BCUT2D eigenvalue weighted by Crippen LogP contribution is 2.38. The first-order valence-corrected chi connectivity index (χ1v) is 9.76. The molecule has 3 rings (SSSR count). The number of aliphatic carboxylic acids is 1. The van der Waals surface area contributed by atoms with E-state index in [9.17, 15) is 18.0 Å². The number of rotatable bonds is 8. The molecular weight excluding hydrogens is 401 g/mol. The fraction of sp³-hybridized carbons (Fsp3) is 0.524. The van der Waals surface area contributed by atoms with Crippen molar-refractivity contribution in [2.45, 2.75) is 45.4 Å². The summed E-state index contributed by atoms with van der Waals surface area (Å²) in [6.45, 7) is 3.49. The largest absolute Gasteiger partial charge is 0.493 e. The van der Waals surface area contributed by atoms with Crippen molar-refractivity contribution in [2.75, 3.05) is 6.61 Å². The predicted molar refractivity (Wildman–Crippen MR) is 103 cm³/mol. The van der Waals surface area contributed by atoms with E-state index < -0.39 is 23.8 Å². The number of alkyl halides is 3. The van der Waals surface area contributed by atoms with Gasteiger partial charge in [0, 0.05) is 12.6 Å². The molecule has 0 radical (unpaired) electrons. The first kappa shape index (κ1) is 22.0. The van der Waals surface area contributed by atoms with E-state index in [1.165, 1.54) is 14.0 Å². The van der Waals surface area contributed by atoms with E-state index in [2.05, 4.69) is 5.10 Å². The van der Waals surface area contributed by atoms with Crippen molar-refractivity contribution in [3.8, 4) is 11.6 Å². The molecule has 0 spiro atoms. The normalized spacial score (nSPS) is 19.8. The molecule has 9 heteroatoms. The van der Waals surface area contributed by atoms with Gasteiger partial charge in [0.1, 0.15) is 17.5 Å². The molecule has 0 amide bonds. The summed E-state index contributed by atoms with van der Waals surface area (Å²) in [5, 5.41) is 12.9. The van der Waals surface area contributed by atoms with Gasteiger partial charge < -0.3 is 14.6 Å². The SMILES string of the molecule is Cc1c(OC2CC(COc3cccc(CC(C)C(=O)O)c3)C2)nn(C)c1C(F)(F)F. The van der Waals surface area contributed by atoms with E-state index in [1.807, 2.05) is 24.3 Å². The van der Waals surface area contributed by atoms with E-state index in [0.717, 1.165) is 10.2 Å². The van der Waals surface area contributed by atoms with Crippen molar-refractivity contribution in [3.05, 3.63) is 41.1 Å². The third-order valence-electron chi connectivity index (χ3n) is 5.33. The maximum Gasteiger partial charge on any atom is 0.433 e. The lowest BCUT2D eigenvalue weighted by atomic mass is 9.83. The van der Waals surface area contributed by atoms with E-state index in [0.29, 0.717) is 31.6 Å². The smallest absolute Gasteiger partial charge is 0.433 e. The molecule has 1 atom stereocenters. The topological polar surface area (TPSA) is 73.6 Å². The summed E-state index contributed by atoms with van der Waals surface area (Å²) in [5.41, 5.74) is 0.0919. The van der Waals surface area contributed by atoms with E-state index in [1.54, 1.807) is 6.92 Å². The zero-order chi connectivity index (χ0) is 22.1. The number of nitrogens with zero attached hydrogens (tertiary/aromatic N) is 2. The molecule has 1 heterocycles. The fourth-order valence-corrected chi connectivity index (χ4v) is 3.60. The van der Waals surface area contributed by atoms with Crippen LogP contribution in [0.5, 0.6) is 11.6 Å².